The van der Waals surface area contributed by atoms with Gasteiger partial charge in [-0.05, 0) is 32.1 Å². The predicted molar refractivity (Wildman–Crippen MR) is 71.3 cm³/mol. The highest BCUT2D eigenvalue weighted by Gasteiger charge is 2.22. The monoisotopic (exact) mass is 241 g/mol. The van der Waals surface area contributed by atoms with E-state index in [1.54, 1.807) is 0 Å². The Labute approximate surface area is 105 Å². The van der Waals surface area contributed by atoms with E-state index in [0.717, 1.165) is 12.3 Å². The molecular weight excluding hydrogens is 214 g/mol. The standard InChI is InChI=1S/C13H27N3O/c1-3-12(13(14)16-17)15-10(2)11-8-6-4-5-7-9-11/h10-12,15,17H,3-9H2,1-2H3,(H2,14,16)/t10-,12?/m1/s1. The summed E-state index contributed by atoms with van der Waals surface area (Å²) in [5.41, 5.74) is 5.67. The Hall–Kier alpha value is -0.770. The SMILES string of the molecule is CCC(N[C@H](C)C1CCCCCC1)C(N)=NO. The minimum Gasteiger partial charge on any atom is -0.409 e. The van der Waals surface area contributed by atoms with Crippen molar-refractivity contribution in [1.82, 2.24) is 5.32 Å². The topological polar surface area (TPSA) is 70.6 Å². The summed E-state index contributed by atoms with van der Waals surface area (Å²) in [4.78, 5) is 0. The predicted octanol–water partition coefficient (Wildman–Crippen LogP) is 2.46. The number of nitrogens with zero attached hydrogens (tertiary/aromatic N) is 1. The number of hydrogen-bond acceptors (Lipinski definition) is 3. The zero-order valence-electron chi connectivity index (χ0n) is 11.2. The molecule has 0 heterocycles. The number of rotatable bonds is 5. The Bertz CT molecular complexity index is 235. The van der Waals surface area contributed by atoms with Gasteiger partial charge in [-0.3, -0.25) is 0 Å². The molecule has 1 unspecified atom stereocenters. The maximum absolute atomic E-state index is 8.73. The van der Waals surface area contributed by atoms with Crippen LogP contribution in [0.1, 0.15) is 58.8 Å². The quantitative estimate of drug-likeness (QED) is 0.228. The molecule has 1 saturated carbocycles. The summed E-state index contributed by atoms with van der Waals surface area (Å²) in [6.07, 6.45) is 8.91. The average molecular weight is 241 g/mol. The van der Waals surface area contributed by atoms with E-state index in [9.17, 15) is 0 Å². The van der Waals surface area contributed by atoms with E-state index >= 15 is 0 Å². The third-order valence-corrected chi connectivity index (χ3v) is 3.95. The third kappa shape index (κ3) is 4.54. The van der Waals surface area contributed by atoms with Crippen molar-refractivity contribution in [3.63, 3.8) is 0 Å². The third-order valence-electron chi connectivity index (χ3n) is 3.95. The summed E-state index contributed by atoms with van der Waals surface area (Å²) in [5, 5.41) is 15.3. The summed E-state index contributed by atoms with van der Waals surface area (Å²) in [7, 11) is 0. The van der Waals surface area contributed by atoms with Gasteiger partial charge in [0.2, 0.25) is 0 Å². The van der Waals surface area contributed by atoms with Crippen LogP contribution in [0.25, 0.3) is 0 Å². The van der Waals surface area contributed by atoms with Gasteiger partial charge in [-0.1, -0.05) is 37.8 Å². The summed E-state index contributed by atoms with van der Waals surface area (Å²) >= 11 is 0. The molecule has 0 aromatic rings. The number of nitrogens with two attached hydrogens (primary N) is 1. The van der Waals surface area contributed by atoms with Crippen molar-refractivity contribution in [1.29, 1.82) is 0 Å². The first-order chi connectivity index (χ1) is 8.19. The molecular formula is C13H27N3O. The molecule has 0 saturated heterocycles. The molecule has 17 heavy (non-hydrogen) atoms. The van der Waals surface area contributed by atoms with Crippen LogP contribution in [0.2, 0.25) is 0 Å². The first-order valence-electron chi connectivity index (χ1n) is 6.92. The van der Waals surface area contributed by atoms with Crippen LogP contribution in [0.5, 0.6) is 0 Å². The average Bonchev–Trinajstić information content (AvgIpc) is 2.63. The number of oxime groups is 1. The van der Waals surface area contributed by atoms with Gasteiger partial charge in [-0.25, -0.2) is 0 Å². The summed E-state index contributed by atoms with van der Waals surface area (Å²) in [5.74, 6) is 1.03. The molecule has 1 aliphatic rings. The molecule has 0 aromatic heterocycles. The molecule has 4 nitrogen and oxygen atoms in total. The molecule has 100 valence electrons. The molecule has 0 aliphatic heterocycles. The minimum absolute atomic E-state index is 0.00162. The smallest absolute Gasteiger partial charge is 0.156 e. The van der Waals surface area contributed by atoms with Crippen molar-refractivity contribution in [2.75, 3.05) is 0 Å². The van der Waals surface area contributed by atoms with Crippen LogP contribution in [0.4, 0.5) is 0 Å². The van der Waals surface area contributed by atoms with Gasteiger partial charge in [0.15, 0.2) is 5.84 Å². The molecule has 2 atom stereocenters. The van der Waals surface area contributed by atoms with Crippen LogP contribution in [0.15, 0.2) is 5.16 Å². The van der Waals surface area contributed by atoms with Crippen molar-refractivity contribution in [3.05, 3.63) is 0 Å². The van der Waals surface area contributed by atoms with Gasteiger partial charge in [0, 0.05) is 6.04 Å². The lowest BCUT2D eigenvalue weighted by Crippen LogP contribution is -2.47. The second-order valence-corrected chi connectivity index (χ2v) is 5.19. The van der Waals surface area contributed by atoms with Crippen LogP contribution in [0, 0.1) is 5.92 Å². The second kappa shape index (κ2) is 7.54. The molecule has 0 bridgehead atoms. The van der Waals surface area contributed by atoms with E-state index in [4.69, 9.17) is 10.9 Å². The van der Waals surface area contributed by atoms with Crippen molar-refractivity contribution >= 4 is 5.84 Å². The molecule has 1 fully saturated rings. The van der Waals surface area contributed by atoms with E-state index in [1.807, 2.05) is 0 Å². The normalized spacial score (nSPS) is 23.1. The molecule has 4 N–H and O–H groups in total. The Morgan fingerprint density at radius 2 is 1.94 bits per heavy atom. The fourth-order valence-electron chi connectivity index (χ4n) is 2.75. The molecule has 0 radical (unpaired) electrons. The maximum atomic E-state index is 8.73. The molecule has 0 aromatic carbocycles. The zero-order valence-corrected chi connectivity index (χ0v) is 11.2. The fourth-order valence-corrected chi connectivity index (χ4v) is 2.75. The highest BCUT2D eigenvalue weighted by Crippen LogP contribution is 2.25. The van der Waals surface area contributed by atoms with E-state index in [-0.39, 0.29) is 6.04 Å². The van der Waals surface area contributed by atoms with Crippen molar-refractivity contribution in [2.45, 2.75) is 70.9 Å². The van der Waals surface area contributed by atoms with Gasteiger partial charge < -0.3 is 16.3 Å². The summed E-state index contributed by atoms with van der Waals surface area (Å²) in [6, 6.07) is 0.441. The lowest BCUT2D eigenvalue weighted by Gasteiger charge is -2.27. The van der Waals surface area contributed by atoms with Crippen LogP contribution in [-0.2, 0) is 0 Å². The van der Waals surface area contributed by atoms with Gasteiger partial charge in [0.1, 0.15) is 0 Å². The van der Waals surface area contributed by atoms with Gasteiger partial charge in [-0.2, -0.15) is 0 Å². The van der Waals surface area contributed by atoms with Crippen molar-refractivity contribution in [2.24, 2.45) is 16.8 Å². The second-order valence-electron chi connectivity index (χ2n) is 5.19. The fraction of sp³-hybridized carbons (Fsp3) is 0.923. The van der Waals surface area contributed by atoms with Crippen LogP contribution in [0.3, 0.4) is 0 Å². The van der Waals surface area contributed by atoms with Gasteiger partial charge >= 0.3 is 0 Å². The van der Waals surface area contributed by atoms with Gasteiger partial charge in [0.05, 0.1) is 6.04 Å². The van der Waals surface area contributed by atoms with Gasteiger partial charge in [-0.15, -0.1) is 0 Å². The summed E-state index contributed by atoms with van der Waals surface area (Å²) < 4.78 is 0. The van der Waals surface area contributed by atoms with Crippen molar-refractivity contribution < 1.29 is 5.21 Å². The Morgan fingerprint density at radius 3 is 2.41 bits per heavy atom. The largest absolute Gasteiger partial charge is 0.409 e. The Balaban J connectivity index is 2.47. The molecule has 1 aliphatic carbocycles. The lowest BCUT2D eigenvalue weighted by atomic mass is 9.92. The van der Waals surface area contributed by atoms with Crippen molar-refractivity contribution in [3.8, 4) is 0 Å². The van der Waals surface area contributed by atoms with E-state index in [2.05, 4.69) is 24.3 Å². The summed E-state index contributed by atoms with van der Waals surface area (Å²) in [6.45, 7) is 4.28. The molecule has 4 heteroatoms. The minimum atomic E-state index is -0.00162. The van der Waals surface area contributed by atoms with Gasteiger partial charge in [0.25, 0.3) is 0 Å². The van der Waals surface area contributed by atoms with E-state index in [1.165, 1.54) is 38.5 Å². The number of amidine groups is 1. The first kappa shape index (κ1) is 14.3. The van der Waals surface area contributed by atoms with Crippen LogP contribution >= 0.6 is 0 Å². The number of hydrogen-bond donors (Lipinski definition) is 3. The van der Waals surface area contributed by atoms with E-state index in [0.29, 0.717) is 11.9 Å². The first-order valence-corrected chi connectivity index (χ1v) is 6.92. The molecule has 0 spiro atoms. The zero-order chi connectivity index (χ0) is 12.7. The maximum Gasteiger partial charge on any atom is 0.156 e. The Morgan fingerprint density at radius 1 is 1.35 bits per heavy atom. The van der Waals surface area contributed by atoms with E-state index < -0.39 is 0 Å². The number of nitrogens with one attached hydrogen (secondary N) is 1. The highest BCUT2D eigenvalue weighted by molar-refractivity contribution is 5.85. The molecule has 1 rings (SSSR count). The Kier molecular flexibility index (Phi) is 6.34. The highest BCUT2D eigenvalue weighted by atomic mass is 16.4. The van der Waals surface area contributed by atoms with Crippen LogP contribution in [-0.4, -0.2) is 23.1 Å². The molecule has 0 amide bonds. The lowest BCUT2D eigenvalue weighted by molar-refractivity contribution is 0.303. The van der Waals surface area contributed by atoms with Crippen LogP contribution < -0.4 is 11.1 Å².